The van der Waals surface area contributed by atoms with Crippen LogP contribution >= 0.6 is 11.6 Å². The normalized spacial score (nSPS) is 16.2. The van der Waals surface area contributed by atoms with Crippen molar-refractivity contribution in [3.63, 3.8) is 0 Å². The highest BCUT2D eigenvalue weighted by Gasteiger charge is 2.43. The highest BCUT2D eigenvalue weighted by molar-refractivity contribution is 6.32. The predicted molar refractivity (Wildman–Crippen MR) is 69.9 cm³/mol. The van der Waals surface area contributed by atoms with Crippen molar-refractivity contribution in [2.75, 3.05) is 14.2 Å². The minimum absolute atomic E-state index is 0.134. The van der Waals surface area contributed by atoms with E-state index in [0.29, 0.717) is 29.2 Å². The first-order chi connectivity index (χ1) is 9.09. The zero-order chi connectivity index (χ0) is 14.0. The van der Waals surface area contributed by atoms with Crippen molar-refractivity contribution in [3.05, 3.63) is 16.7 Å². The van der Waals surface area contributed by atoms with Gasteiger partial charge in [0.25, 0.3) is 0 Å². The molecule has 0 heterocycles. The number of methoxy groups -OCH3 is 2. The van der Waals surface area contributed by atoms with Crippen molar-refractivity contribution in [1.29, 1.82) is 0 Å². The van der Waals surface area contributed by atoms with Crippen LogP contribution in [0.3, 0.4) is 0 Å². The molecule has 0 atom stereocenters. The molecule has 0 bridgehead atoms. The van der Waals surface area contributed by atoms with E-state index in [2.05, 4.69) is 4.99 Å². The lowest BCUT2D eigenvalue weighted by atomic mass is 9.72. The molecule has 1 fully saturated rings. The molecule has 1 aromatic rings. The summed E-state index contributed by atoms with van der Waals surface area (Å²) in [5.74, 6) is 0.387. The molecule has 5 nitrogen and oxygen atoms in total. The third-order valence-electron chi connectivity index (χ3n) is 3.50. The van der Waals surface area contributed by atoms with E-state index in [-0.39, 0.29) is 11.5 Å². The standard InChI is InChI=1S/C13H14ClNO4/c1-18-9-6-8(14)10(11(17)12(9)19-2)13(15-7-16)4-3-5-13/h6,17H,3-5H2,1-2H3. The predicted octanol–water partition coefficient (Wildman–Crippen LogP) is 2.78. The summed E-state index contributed by atoms with van der Waals surface area (Å²) < 4.78 is 10.2. The van der Waals surface area contributed by atoms with Crippen molar-refractivity contribution in [3.8, 4) is 17.2 Å². The molecule has 0 amide bonds. The van der Waals surface area contributed by atoms with Gasteiger partial charge >= 0.3 is 0 Å². The quantitative estimate of drug-likeness (QED) is 0.681. The number of aromatic hydroxyl groups is 1. The number of isocyanates is 1. The Kier molecular flexibility index (Phi) is 3.69. The minimum Gasteiger partial charge on any atom is -0.504 e. The fraction of sp³-hybridized carbons (Fsp3) is 0.462. The van der Waals surface area contributed by atoms with Crippen molar-refractivity contribution in [2.24, 2.45) is 4.99 Å². The van der Waals surface area contributed by atoms with E-state index in [1.807, 2.05) is 0 Å². The SMILES string of the molecule is COc1cc(Cl)c(C2(N=C=O)CCC2)c(O)c1OC. The molecule has 2 rings (SSSR count). The van der Waals surface area contributed by atoms with E-state index in [0.717, 1.165) is 6.42 Å². The Morgan fingerprint density at radius 3 is 2.53 bits per heavy atom. The van der Waals surface area contributed by atoms with Gasteiger partial charge in [-0.15, -0.1) is 0 Å². The second-order valence-corrected chi connectivity index (χ2v) is 4.81. The van der Waals surface area contributed by atoms with E-state index < -0.39 is 5.54 Å². The molecule has 1 saturated carbocycles. The van der Waals surface area contributed by atoms with Crippen LogP contribution in [0.4, 0.5) is 0 Å². The summed E-state index contributed by atoms with van der Waals surface area (Å²) in [6, 6.07) is 1.55. The van der Waals surface area contributed by atoms with Gasteiger partial charge in [-0.05, 0) is 19.3 Å². The van der Waals surface area contributed by atoms with Gasteiger partial charge in [0.05, 0.1) is 19.2 Å². The number of phenolic OH excluding ortho intramolecular Hbond substituents is 1. The number of aliphatic imine (C=N–C) groups is 1. The van der Waals surface area contributed by atoms with Crippen LogP contribution in [-0.2, 0) is 10.3 Å². The molecule has 0 unspecified atom stereocenters. The van der Waals surface area contributed by atoms with Crippen LogP contribution in [0.25, 0.3) is 0 Å². The highest BCUT2D eigenvalue weighted by Crippen LogP contribution is 2.54. The molecule has 1 N–H and O–H groups in total. The molecule has 0 saturated heterocycles. The number of nitrogens with zero attached hydrogens (tertiary/aromatic N) is 1. The lowest BCUT2D eigenvalue weighted by Gasteiger charge is -2.38. The minimum atomic E-state index is -0.789. The van der Waals surface area contributed by atoms with Crippen LogP contribution in [0.2, 0.25) is 5.02 Å². The van der Waals surface area contributed by atoms with Crippen LogP contribution in [0.1, 0.15) is 24.8 Å². The van der Waals surface area contributed by atoms with Gasteiger partial charge in [-0.25, -0.2) is 4.79 Å². The van der Waals surface area contributed by atoms with Crippen molar-refractivity contribution >= 4 is 17.7 Å². The van der Waals surface area contributed by atoms with Crippen molar-refractivity contribution in [2.45, 2.75) is 24.8 Å². The van der Waals surface area contributed by atoms with Crippen LogP contribution in [-0.4, -0.2) is 25.4 Å². The first-order valence-corrected chi connectivity index (χ1v) is 6.20. The number of phenols is 1. The summed E-state index contributed by atoms with van der Waals surface area (Å²) in [4.78, 5) is 14.5. The third-order valence-corrected chi connectivity index (χ3v) is 3.80. The molecule has 0 radical (unpaired) electrons. The Bertz CT molecular complexity index is 548. The summed E-state index contributed by atoms with van der Waals surface area (Å²) in [5, 5.41) is 10.6. The number of ether oxygens (including phenoxy) is 2. The van der Waals surface area contributed by atoms with E-state index in [4.69, 9.17) is 21.1 Å². The van der Waals surface area contributed by atoms with Gasteiger partial charge in [0, 0.05) is 11.6 Å². The number of hydrogen-bond acceptors (Lipinski definition) is 5. The molecule has 6 heteroatoms. The smallest absolute Gasteiger partial charge is 0.235 e. The average molecular weight is 284 g/mol. The Morgan fingerprint density at radius 1 is 1.42 bits per heavy atom. The third kappa shape index (κ3) is 2.05. The first-order valence-electron chi connectivity index (χ1n) is 5.82. The molecule has 102 valence electrons. The summed E-state index contributed by atoms with van der Waals surface area (Å²) in [7, 11) is 2.88. The maximum absolute atomic E-state index is 10.6. The average Bonchev–Trinajstić information content (AvgIpc) is 2.34. The maximum Gasteiger partial charge on any atom is 0.235 e. The van der Waals surface area contributed by atoms with Gasteiger partial charge < -0.3 is 14.6 Å². The zero-order valence-corrected chi connectivity index (χ0v) is 11.5. The summed E-state index contributed by atoms with van der Waals surface area (Å²) in [6.45, 7) is 0. The van der Waals surface area contributed by atoms with Crippen LogP contribution in [0.5, 0.6) is 17.2 Å². The molecular formula is C13H14ClNO4. The van der Waals surface area contributed by atoms with Gasteiger partial charge in [0.1, 0.15) is 5.54 Å². The number of benzene rings is 1. The second-order valence-electron chi connectivity index (χ2n) is 4.41. The van der Waals surface area contributed by atoms with Crippen molar-refractivity contribution < 1.29 is 19.4 Å². The van der Waals surface area contributed by atoms with E-state index >= 15 is 0 Å². The van der Waals surface area contributed by atoms with E-state index in [1.54, 1.807) is 12.1 Å². The second kappa shape index (κ2) is 5.11. The van der Waals surface area contributed by atoms with Gasteiger partial charge in [-0.1, -0.05) is 11.6 Å². The monoisotopic (exact) mass is 283 g/mol. The molecule has 0 aliphatic heterocycles. The van der Waals surface area contributed by atoms with Crippen LogP contribution < -0.4 is 9.47 Å². The Hall–Kier alpha value is -1.71. The Balaban J connectivity index is 2.67. The molecule has 1 aliphatic carbocycles. The largest absolute Gasteiger partial charge is 0.504 e. The Labute approximate surface area is 115 Å². The van der Waals surface area contributed by atoms with Gasteiger partial charge in [0.15, 0.2) is 11.5 Å². The molecule has 1 aliphatic rings. The Morgan fingerprint density at radius 2 is 2.11 bits per heavy atom. The number of halogens is 1. The lowest BCUT2D eigenvalue weighted by molar-refractivity contribution is 0.243. The fourth-order valence-electron chi connectivity index (χ4n) is 2.40. The van der Waals surface area contributed by atoms with Gasteiger partial charge in [-0.2, -0.15) is 4.99 Å². The molecule has 0 aromatic heterocycles. The molecular weight excluding hydrogens is 270 g/mol. The number of hydrogen-bond donors (Lipinski definition) is 1. The molecule has 1 aromatic carbocycles. The molecule has 0 spiro atoms. The van der Waals surface area contributed by atoms with Crippen LogP contribution in [0, 0.1) is 0 Å². The number of carbonyl (C=O) groups excluding carboxylic acids is 1. The van der Waals surface area contributed by atoms with Gasteiger partial charge in [-0.3, -0.25) is 0 Å². The fourth-order valence-corrected chi connectivity index (χ4v) is 2.77. The number of rotatable bonds is 4. The van der Waals surface area contributed by atoms with E-state index in [1.165, 1.54) is 14.2 Å². The van der Waals surface area contributed by atoms with Gasteiger partial charge in [0.2, 0.25) is 11.8 Å². The van der Waals surface area contributed by atoms with Crippen LogP contribution in [0.15, 0.2) is 11.1 Å². The molecule has 19 heavy (non-hydrogen) atoms. The van der Waals surface area contributed by atoms with E-state index in [9.17, 15) is 9.90 Å². The topological polar surface area (TPSA) is 68.1 Å². The first kappa shape index (κ1) is 13.7. The summed E-state index contributed by atoms with van der Waals surface area (Å²) in [5.41, 5.74) is -0.385. The highest BCUT2D eigenvalue weighted by atomic mass is 35.5. The lowest BCUT2D eigenvalue weighted by Crippen LogP contribution is -2.32. The van der Waals surface area contributed by atoms with Crippen molar-refractivity contribution in [1.82, 2.24) is 0 Å². The maximum atomic E-state index is 10.6. The summed E-state index contributed by atoms with van der Waals surface area (Å²) >= 11 is 6.19. The zero-order valence-electron chi connectivity index (χ0n) is 10.7. The summed E-state index contributed by atoms with van der Waals surface area (Å²) in [6.07, 6.45) is 3.76.